The molecular formula is C15H27N5. The topological polar surface area (TPSA) is 61.7 Å². The number of nitrogens with zero attached hydrogens (tertiary/aromatic N) is 4. The summed E-state index contributed by atoms with van der Waals surface area (Å²) in [5.41, 5.74) is 9.25. The summed E-state index contributed by atoms with van der Waals surface area (Å²) in [7, 11) is 1.98. The SMILES string of the molecule is CCCc1nn(C)c2c1nc(N)n2C(C)CC(C)CC. The summed E-state index contributed by atoms with van der Waals surface area (Å²) in [4.78, 5) is 4.56. The monoisotopic (exact) mass is 277 g/mol. The number of aromatic nitrogens is 4. The molecule has 0 saturated heterocycles. The molecule has 2 aromatic rings. The number of aryl methyl sites for hydroxylation is 2. The molecule has 0 spiro atoms. The Balaban J connectivity index is 2.45. The Morgan fingerprint density at radius 2 is 1.95 bits per heavy atom. The van der Waals surface area contributed by atoms with Crippen LogP contribution in [-0.2, 0) is 13.5 Å². The van der Waals surface area contributed by atoms with Gasteiger partial charge in [0, 0.05) is 13.1 Å². The van der Waals surface area contributed by atoms with Gasteiger partial charge in [0.05, 0.1) is 5.69 Å². The first-order chi connectivity index (χ1) is 9.49. The molecule has 0 aromatic carbocycles. The lowest BCUT2D eigenvalue weighted by molar-refractivity contribution is 0.404. The number of fused-ring (bicyclic) bond motifs is 1. The molecule has 2 N–H and O–H groups in total. The van der Waals surface area contributed by atoms with Crippen molar-refractivity contribution in [3.05, 3.63) is 5.69 Å². The van der Waals surface area contributed by atoms with E-state index in [0.29, 0.717) is 17.9 Å². The van der Waals surface area contributed by atoms with Gasteiger partial charge in [0.25, 0.3) is 0 Å². The van der Waals surface area contributed by atoms with Gasteiger partial charge in [0.2, 0.25) is 5.95 Å². The van der Waals surface area contributed by atoms with E-state index in [0.717, 1.165) is 36.1 Å². The van der Waals surface area contributed by atoms with Crippen LogP contribution in [0.3, 0.4) is 0 Å². The number of nitrogen functional groups attached to an aromatic ring is 1. The first-order valence-electron chi connectivity index (χ1n) is 7.68. The highest BCUT2D eigenvalue weighted by Gasteiger charge is 2.21. The number of hydrogen-bond donors (Lipinski definition) is 1. The Kier molecular flexibility index (Phi) is 4.35. The molecule has 112 valence electrons. The lowest BCUT2D eigenvalue weighted by Crippen LogP contribution is -2.14. The second-order valence-corrected chi connectivity index (χ2v) is 5.93. The number of hydrogen-bond acceptors (Lipinski definition) is 3. The quantitative estimate of drug-likeness (QED) is 0.881. The molecule has 2 unspecified atom stereocenters. The van der Waals surface area contributed by atoms with Crippen molar-refractivity contribution in [2.45, 2.75) is 59.4 Å². The molecule has 2 heterocycles. The molecule has 5 heteroatoms. The summed E-state index contributed by atoms with van der Waals surface area (Å²) in [6.07, 6.45) is 4.32. The van der Waals surface area contributed by atoms with Crippen LogP contribution in [0.25, 0.3) is 11.2 Å². The van der Waals surface area contributed by atoms with E-state index in [9.17, 15) is 0 Å². The predicted octanol–water partition coefficient (Wildman–Crippen LogP) is 3.30. The maximum Gasteiger partial charge on any atom is 0.202 e. The molecule has 0 bridgehead atoms. The van der Waals surface area contributed by atoms with Gasteiger partial charge in [-0.2, -0.15) is 5.10 Å². The third kappa shape index (κ3) is 2.53. The zero-order valence-electron chi connectivity index (χ0n) is 13.3. The van der Waals surface area contributed by atoms with Gasteiger partial charge < -0.3 is 5.73 Å². The minimum absolute atomic E-state index is 0.347. The fourth-order valence-corrected chi connectivity index (χ4v) is 2.91. The average Bonchev–Trinajstić information content (AvgIpc) is 2.88. The van der Waals surface area contributed by atoms with Gasteiger partial charge in [0.15, 0.2) is 5.65 Å². The van der Waals surface area contributed by atoms with E-state index in [1.54, 1.807) is 0 Å². The largest absolute Gasteiger partial charge is 0.369 e. The highest BCUT2D eigenvalue weighted by atomic mass is 15.4. The van der Waals surface area contributed by atoms with Crippen LogP contribution in [0.15, 0.2) is 0 Å². The van der Waals surface area contributed by atoms with Gasteiger partial charge in [-0.25, -0.2) is 4.98 Å². The van der Waals surface area contributed by atoms with Gasteiger partial charge in [-0.1, -0.05) is 33.6 Å². The van der Waals surface area contributed by atoms with E-state index in [1.807, 2.05) is 11.7 Å². The summed E-state index contributed by atoms with van der Waals surface area (Å²) in [6.45, 7) is 8.89. The Morgan fingerprint density at radius 3 is 2.55 bits per heavy atom. The van der Waals surface area contributed by atoms with Crippen molar-refractivity contribution in [1.82, 2.24) is 19.3 Å². The van der Waals surface area contributed by atoms with Gasteiger partial charge in [0.1, 0.15) is 5.52 Å². The minimum atomic E-state index is 0.347. The molecule has 20 heavy (non-hydrogen) atoms. The molecule has 0 aliphatic heterocycles. The normalized spacial score (nSPS) is 14.8. The van der Waals surface area contributed by atoms with E-state index in [2.05, 4.69) is 42.3 Å². The van der Waals surface area contributed by atoms with Crippen molar-refractivity contribution < 1.29 is 0 Å². The zero-order valence-corrected chi connectivity index (χ0v) is 13.3. The Hall–Kier alpha value is -1.52. The molecule has 0 amide bonds. The molecule has 2 aromatic heterocycles. The van der Waals surface area contributed by atoms with E-state index < -0.39 is 0 Å². The van der Waals surface area contributed by atoms with E-state index >= 15 is 0 Å². The van der Waals surface area contributed by atoms with E-state index in [-0.39, 0.29) is 0 Å². The van der Waals surface area contributed by atoms with Gasteiger partial charge >= 0.3 is 0 Å². The Morgan fingerprint density at radius 1 is 1.25 bits per heavy atom. The second-order valence-electron chi connectivity index (χ2n) is 5.93. The number of nitrogens with two attached hydrogens (primary N) is 1. The number of imidazole rings is 1. The summed E-state index contributed by atoms with van der Waals surface area (Å²) in [5.74, 6) is 1.30. The molecular weight excluding hydrogens is 250 g/mol. The fraction of sp³-hybridized carbons (Fsp3) is 0.733. The first kappa shape index (κ1) is 14.9. The summed E-state index contributed by atoms with van der Waals surface area (Å²) >= 11 is 0. The van der Waals surface area contributed by atoms with Crippen molar-refractivity contribution in [3.63, 3.8) is 0 Å². The highest BCUT2D eigenvalue weighted by Crippen LogP contribution is 2.29. The van der Waals surface area contributed by atoms with Crippen molar-refractivity contribution in [2.75, 3.05) is 5.73 Å². The lowest BCUT2D eigenvalue weighted by Gasteiger charge is -2.19. The Bertz CT molecular complexity index is 581. The molecule has 0 radical (unpaired) electrons. The van der Waals surface area contributed by atoms with Gasteiger partial charge in [-0.15, -0.1) is 0 Å². The molecule has 0 aliphatic rings. The van der Waals surface area contributed by atoms with E-state index in [1.165, 1.54) is 6.42 Å². The van der Waals surface area contributed by atoms with Crippen molar-refractivity contribution in [3.8, 4) is 0 Å². The van der Waals surface area contributed by atoms with Crippen LogP contribution in [0.1, 0.15) is 58.7 Å². The summed E-state index contributed by atoms with van der Waals surface area (Å²) in [6, 6.07) is 0.347. The van der Waals surface area contributed by atoms with Crippen molar-refractivity contribution in [1.29, 1.82) is 0 Å². The summed E-state index contributed by atoms with van der Waals surface area (Å²) in [5, 5.41) is 4.60. The first-order valence-corrected chi connectivity index (χ1v) is 7.68. The predicted molar refractivity (Wildman–Crippen MR) is 83.7 cm³/mol. The van der Waals surface area contributed by atoms with Crippen LogP contribution in [-0.4, -0.2) is 19.3 Å². The third-order valence-corrected chi connectivity index (χ3v) is 4.13. The standard InChI is InChI=1S/C15H27N5/c1-6-8-12-13-14(19(5)18-12)20(15(16)17-13)11(4)9-10(3)7-2/h10-11H,6-9H2,1-5H3,(H2,16,17). The third-order valence-electron chi connectivity index (χ3n) is 4.13. The van der Waals surface area contributed by atoms with Crippen LogP contribution in [0.5, 0.6) is 0 Å². The van der Waals surface area contributed by atoms with Crippen molar-refractivity contribution >= 4 is 17.1 Å². The molecule has 0 saturated carbocycles. The smallest absolute Gasteiger partial charge is 0.202 e. The second kappa shape index (κ2) is 5.85. The number of anilines is 1. The van der Waals surface area contributed by atoms with Crippen LogP contribution in [0.2, 0.25) is 0 Å². The summed E-state index contributed by atoms with van der Waals surface area (Å²) < 4.78 is 4.07. The molecule has 2 atom stereocenters. The van der Waals surface area contributed by atoms with Crippen LogP contribution < -0.4 is 5.73 Å². The molecule has 2 rings (SSSR count). The molecule has 0 fully saturated rings. The highest BCUT2D eigenvalue weighted by molar-refractivity contribution is 5.78. The van der Waals surface area contributed by atoms with Crippen LogP contribution >= 0.6 is 0 Å². The maximum absolute atomic E-state index is 6.16. The zero-order chi connectivity index (χ0) is 14.9. The van der Waals surface area contributed by atoms with Crippen LogP contribution in [0, 0.1) is 5.92 Å². The number of rotatable bonds is 6. The average molecular weight is 277 g/mol. The van der Waals surface area contributed by atoms with Crippen molar-refractivity contribution in [2.24, 2.45) is 13.0 Å². The van der Waals surface area contributed by atoms with Gasteiger partial charge in [-0.3, -0.25) is 9.25 Å². The maximum atomic E-state index is 6.16. The molecule has 5 nitrogen and oxygen atoms in total. The van der Waals surface area contributed by atoms with Crippen LogP contribution in [0.4, 0.5) is 5.95 Å². The Labute approximate surface area is 121 Å². The lowest BCUT2D eigenvalue weighted by atomic mass is 10.0. The minimum Gasteiger partial charge on any atom is -0.369 e. The molecule has 0 aliphatic carbocycles. The van der Waals surface area contributed by atoms with Gasteiger partial charge in [-0.05, 0) is 25.7 Å². The van der Waals surface area contributed by atoms with E-state index in [4.69, 9.17) is 5.73 Å². The fourth-order valence-electron chi connectivity index (χ4n) is 2.91.